The maximum Gasteiger partial charge on any atom is 0.219 e. The summed E-state index contributed by atoms with van der Waals surface area (Å²) in [5, 5.41) is 0. The van der Waals surface area contributed by atoms with Crippen LogP contribution >= 0.6 is 0 Å². The third-order valence-electron chi connectivity index (χ3n) is 5.49. The SMILES string of the molecule is CC(=O)N1CCCC[C@H]2[C@@H]1[C@H](c1ccccc1)CN2CCC(N)=O. The fraction of sp³-hybridized carbons (Fsp3) is 0.579. The van der Waals surface area contributed by atoms with Crippen molar-refractivity contribution in [2.24, 2.45) is 5.73 Å². The van der Waals surface area contributed by atoms with Gasteiger partial charge in [-0.25, -0.2) is 0 Å². The molecule has 2 aliphatic heterocycles. The highest BCUT2D eigenvalue weighted by Gasteiger charge is 2.46. The van der Waals surface area contributed by atoms with E-state index >= 15 is 0 Å². The zero-order valence-corrected chi connectivity index (χ0v) is 14.4. The Bertz CT molecular complexity index is 590. The molecule has 2 saturated heterocycles. The molecule has 0 aromatic heterocycles. The summed E-state index contributed by atoms with van der Waals surface area (Å²) in [6.07, 6.45) is 3.64. The lowest BCUT2D eigenvalue weighted by molar-refractivity contribution is -0.131. The van der Waals surface area contributed by atoms with Gasteiger partial charge in [0.1, 0.15) is 0 Å². The summed E-state index contributed by atoms with van der Waals surface area (Å²) in [6, 6.07) is 11.0. The molecule has 24 heavy (non-hydrogen) atoms. The molecule has 0 spiro atoms. The molecule has 2 heterocycles. The molecule has 0 radical (unpaired) electrons. The fourth-order valence-electron chi connectivity index (χ4n) is 4.42. The van der Waals surface area contributed by atoms with Crippen LogP contribution < -0.4 is 5.73 Å². The average molecular weight is 329 g/mol. The highest BCUT2D eigenvalue weighted by Crippen LogP contribution is 2.39. The molecule has 2 amide bonds. The van der Waals surface area contributed by atoms with Crippen LogP contribution in [0.5, 0.6) is 0 Å². The number of nitrogens with two attached hydrogens (primary N) is 1. The summed E-state index contributed by atoms with van der Waals surface area (Å²) >= 11 is 0. The minimum absolute atomic E-state index is 0.157. The van der Waals surface area contributed by atoms with Crippen molar-refractivity contribution in [3.05, 3.63) is 35.9 Å². The topological polar surface area (TPSA) is 66.6 Å². The van der Waals surface area contributed by atoms with Gasteiger partial charge >= 0.3 is 0 Å². The van der Waals surface area contributed by atoms with Crippen LogP contribution in [0.25, 0.3) is 0 Å². The summed E-state index contributed by atoms with van der Waals surface area (Å²) in [6.45, 7) is 4.09. The van der Waals surface area contributed by atoms with E-state index < -0.39 is 0 Å². The fourth-order valence-corrected chi connectivity index (χ4v) is 4.42. The smallest absolute Gasteiger partial charge is 0.219 e. The minimum atomic E-state index is -0.258. The second-order valence-electron chi connectivity index (χ2n) is 6.99. The number of hydrogen-bond donors (Lipinski definition) is 1. The lowest BCUT2D eigenvalue weighted by Gasteiger charge is -2.35. The minimum Gasteiger partial charge on any atom is -0.370 e. The molecule has 3 atom stereocenters. The van der Waals surface area contributed by atoms with Crippen LogP contribution in [-0.4, -0.2) is 53.3 Å². The van der Waals surface area contributed by atoms with Gasteiger partial charge in [0, 0.05) is 44.9 Å². The van der Waals surface area contributed by atoms with Crippen molar-refractivity contribution in [3.8, 4) is 0 Å². The Labute approximate surface area is 143 Å². The predicted molar refractivity (Wildman–Crippen MR) is 93.4 cm³/mol. The first-order chi connectivity index (χ1) is 11.6. The molecule has 1 aromatic carbocycles. The molecule has 2 aliphatic rings. The van der Waals surface area contributed by atoms with Gasteiger partial charge < -0.3 is 10.6 Å². The number of hydrogen-bond acceptors (Lipinski definition) is 3. The Morgan fingerprint density at radius 1 is 1.21 bits per heavy atom. The number of nitrogens with zero attached hydrogens (tertiary/aromatic N) is 2. The van der Waals surface area contributed by atoms with Gasteiger partial charge in [-0.15, -0.1) is 0 Å². The van der Waals surface area contributed by atoms with Crippen molar-refractivity contribution in [2.75, 3.05) is 19.6 Å². The van der Waals surface area contributed by atoms with Crippen LogP contribution in [0.1, 0.15) is 44.1 Å². The maximum absolute atomic E-state index is 12.3. The van der Waals surface area contributed by atoms with E-state index in [1.54, 1.807) is 6.92 Å². The Morgan fingerprint density at radius 3 is 2.62 bits per heavy atom. The number of primary amides is 1. The van der Waals surface area contributed by atoms with Crippen molar-refractivity contribution < 1.29 is 9.59 Å². The molecule has 3 rings (SSSR count). The predicted octanol–water partition coefficient (Wildman–Crippen LogP) is 1.73. The van der Waals surface area contributed by atoms with Gasteiger partial charge in [-0.1, -0.05) is 36.8 Å². The quantitative estimate of drug-likeness (QED) is 0.915. The van der Waals surface area contributed by atoms with E-state index in [1.165, 1.54) is 5.56 Å². The van der Waals surface area contributed by atoms with Crippen molar-refractivity contribution in [3.63, 3.8) is 0 Å². The zero-order chi connectivity index (χ0) is 17.1. The Morgan fingerprint density at radius 2 is 1.96 bits per heavy atom. The van der Waals surface area contributed by atoms with Gasteiger partial charge in [-0.3, -0.25) is 14.5 Å². The van der Waals surface area contributed by atoms with Crippen molar-refractivity contribution in [2.45, 2.75) is 50.6 Å². The van der Waals surface area contributed by atoms with Gasteiger partial charge in [0.2, 0.25) is 11.8 Å². The van der Waals surface area contributed by atoms with Crippen LogP contribution in [0.3, 0.4) is 0 Å². The highest BCUT2D eigenvalue weighted by atomic mass is 16.2. The standard InChI is InChI=1S/C19H27N3O2/c1-14(23)22-11-6-5-9-17-19(22)16(15-7-3-2-4-8-15)13-21(17)12-10-18(20)24/h2-4,7-8,16-17,19H,5-6,9-13H2,1H3,(H2,20,24)/t16-,17-,19-/m0/s1. The molecular weight excluding hydrogens is 302 g/mol. The number of likely N-dealkylation sites (tertiary alicyclic amines) is 2. The Kier molecular flexibility index (Phi) is 5.19. The van der Waals surface area contributed by atoms with Gasteiger partial charge in [0.05, 0.1) is 6.04 Å². The highest BCUT2D eigenvalue weighted by molar-refractivity contribution is 5.74. The van der Waals surface area contributed by atoms with E-state index in [4.69, 9.17) is 5.73 Å². The number of carbonyl (C=O) groups is 2. The molecule has 0 unspecified atom stereocenters. The van der Waals surface area contributed by atoms with E-state index in [0.29, 0.717) is 24.9 Å². The van der Waals surface area contributed by atoms with Crippen molar-refractivity contribution in [1.82, 2.24) is 9.80 Å². The van der Waals surface area contributed by atoms with Gasteiger partial charge in [0.15, 0.2) is 0 Å². The maximum atomic E-state index is 12.3. The molecule has 0 saturated carbocycles. The van der Waals surface area contributed by atoms with E-state index in [9.17, 15) is 9.59 Å². The van der Waals surface area contributed by atoms with Crippen LogP contribution in [0.4, 0.5) is 0 Å². The van der Waals surface area contributed by atoms with Crippen molar-refractivity contribution >= 4 is 11.8 Å². The molecule has 0 bridgehead atoms. The molecule has 1 aromatic rings. The van der Waals surface area contributed by atoms with Crippen LogP contribution in [0.2, 0.25) is 0 Å². The monoisotopic (exact) mass is 329 g/mol. The molecular formula is C19H27N3O2. The lowest BCUT2D eigenvalue weighted by Crippen LogP contribution is -2.48. The normalized spacial score (nSPS) is 27.5. The summed E-state index contributed by atoms with van der Waals surface area (Å²) in [4.78, 5) is 28.0. The molecule has 0 aliphatic carbocycles. The third-order valence-corrected chi connectivity index (χ3v) is 5.49. The Balaban J connectivity index is 1.91. The van der Waals surface area contributed by atoms with E-state index in [0.717, 1.165) is 32.4 Å². The number of rotatable bonds is 4. The number of fused-ring (bicyclic) bond motifs is 1. The molecule has 5 nitrogen and oxygen atoms in total. The van der Waals surface area contributed by atoms with E-state index in [2.05, 4.69) is 34.1 Å². The van der Waals surface area contributed by atoms with E-state index in [-0.39, 0.29) is 17.9 Å². The van der Waals surface area contributed by atoms with Gasteiger partial charge in [-0.2, -0.15) is 0 Å². The summed E-state index contributed by atoms with van der Waals surface area (Å²) in [5.41, 5.74) is 6.64. The average Bonchev–Trinajstić information content (AvgIpc) is 2.76. The number of amides is 2. The molecule has 5 heteroatoms. The summed E-state index contributed by atoms with van der Waals surface area (Å²) < 4.78 is 0. The van der Waals surface area contributed by atoms with Crippen LogP contribution in [0.15, 0.2) is 30.3 Å². The molecule has 2 N–H and O–H groups in total. The summed E-state index contributed by atoms with van der Waals surface area (Å²) in [7, 11) is 0. The first-order valence-corrected chi connectivity index (χ1v) is 8.92. The van der Waals surface area contributed by atoms with Crippen LogP contribution in [-0.2, 0) is 9.59 Å². The largest absolute Gasteiger partial charge is 0.370 e. The first-order valence-electron chi connectivity index (χ1n) is 8.92. The van der Waals surface area contributed by atoms with Gasteiger partial charge in [-0.05, 0) is 18.4 Å². The summed E-state index contributed by atoms with van der Waals surface area (Å²) in [5.74, 6) is 0.197. The second-order valence-corrected chi connectivity index (χ2v) is 6.99. The number of benzene rings is 1. The third kappa shape index (κ3) is 3.46. The molecule has 2 fully saturated rings. The zero-order valence-electron chi connectivity index (χ0n) is 14.4. The lowest BCUT2D eigenvalue weighted by atomic mass is 9.89. The van der Waals surface area contributed by atoms with Crippen LogP contribution in [0, 0.1) is 0 Å². The van der Waals surface area contributed by atoms with Gasteiger partial charge in [0.25, 0.3) is 0 Å². The molecule has 130 valence electrons. The first kappa shape index (κ1) is 17.0. The Hall–Kier alpha value is -1.88. The van der Waals surface area contributed by atoms with E-state index in [1.807, 2.05) is 6.07 Å². The number of carbonyl (C=O) groups excluding carboxylic acids is 2. The second kappa shape index (κ2) is 7.34. The van der Waals surface area contributed by atoms with Crippen molar-refractivity contribution in [1.29, 1.82) is 0 Å².